The van der Waals surface area contributed by atoms with E-state index in [9.17, 15) is 0 Å². The Kier molecular flexibility index (Phi) is 4.46. The maximum absolute atomic E-state index is 9.02. The molecule has 0 bridgehead atoms. The molecule has 0 saturated carbocycles. The molecule has 6 heavy (non-hydrogen) atoms. The SMILES string of the molecule is O=N[O][Sn]([Cl])[Cl]. The fourth-order valence-electron chi connectivity index (χ4n) is 0.0282. The van der Waals surface area contributed by atoms with Crippen molar-refractivity contribution in [2.45, 2.75) is 0 Å². The van der Waals surface area contributed by atoms with Crippen LogP contribution in [0.4, 0.5) is 0 Å². The molecule has 0 aromatic rings. The first-order valence-electron chi connectivity index (χ1n) is 0.947. The van der Waals surface area contributed by atoms with Crippen LogP contribution in [0.5, 0.6) is 0 Å². The van der Waals surface area contributed by atoms with Gasteiger partial charge in [-0.2, -0.15) is 0 Å². The van der Waals surface area contributed by atoms with Crippen LogP contribution in [0.15, 0.2) is 5.34 Å². The summed E-state index contributed by atoms with van der Waals surface area (Å²) in [6, 6.07) is 0. The van der Waals surface area contributed by atoms with Gasteiger partial charge < -0.3 is 0 Å². The van der Waals surface area contributed by atoms with E-state index < -0.39 is 17.9 Å². The zero-order valence-corrected chi connectivity index (χ0v) is 6.89. The van der Waals surface area contributed by atoms with Crippen LogP contribution in [0.3, 0.4) is 0 Å². The van der Waals surface area contributed by atoms with Crippen LogP contribution < -0.4 is 0 Å². The Morgan fingerprint density at radius 1 is 1.67 bits per heavy atom. The number of hydrogen-bond acceptors (Lipinski definition) is 3. The third-order valence-corrected chi connectivity index (χ3v) is 1.64. The van der Waals surface area contributed by atoms with Gasteiger partial charge in [0, 0.05) is 0 Å². The standard InChI is InChI=1S/2ClH.HNO2.Sn/c;;2-1-3;/h2*1H;(H,2,3);/q;;;+3/p-3. The second kappa shape index (κ2) is 3.95. The topological polar surface area (TPSA) is 38.7 Å². The van der Waals surface area contributed by atoms with Crippen molar-refractivity contribution in [2.75, 3.05) is 0 Å². The van der Waals surface area contributed by atoms with Gasteiger partial charge in [0.25, 0.3) is 0 Å². The third kappa shape index (κ3) is 4.78. The Balaban J connectivity index is 2.81. The van der Waals surface area contributed by atoms with Crippen molar-refractivity contribution < 1.29 is 3.17 Å². The molecule has 0 aliphatic carbocycles. The second-order valence-electron chi connectivity index (χ2n) is 0.392. The molecule has 0 aromatic heterocycles. The molecule has 0 aliphatic rings. The summed E-state index contributed by atoms with van der Waals surface area (Å²) in [5.74, 6) is 0. The molecule has 1 radical (unpaired) electrons. The molecule has 0 fully saturated rings. The van der Waals surface area contributed by atoms with Crippen molar-refractivity contribution in [1.29, 1.82) is 0 Å². The summed E-state index contributed by atoms with van der Waals surface area (Å²) < 4.78 is 3.84. The zero-order valence-electron chi connectivity index (χ0n) is 2.52. The van der Waals surface area contributed by atoms with Crippen LogP contribution >= 0.6 is 17.8 Å². The van der Waals surface area contributed by atoms with Gasteiger partial charge in [-0.1, -0.05) is 0 Å². The minimum absolute atomic E-state index is 2.01. The van der Waals surface area contributed by atoms with Crippen LogP contribution in [-0.2, 0) is 3.17 Å². The minimum atomic E-state index is -2.65. The van der Waals surface area contributed by atoms with E-state index in [0.717, 1.165) is 0 Å². The fraction of sp³-hybridized carbons (Fsp3) is 0. The van der Waals surface area contributed by atoms with Gasteiger partial charge in [-0.15, -0.1) is 0 Å². The van der Waals surface area contributed by atoms with Crippen LogP contribution in [0.2, 0.25) is 0 Å². The van der Waals surface area contributed by atoms with E-state index in [-0.39, 0.29) is 0 Å². The van der Waals surface area contributed by atoms with Gasteiger partial charge in [0.1, 0.15) is 0 Å². The Labute approximate surface area is 49.2 Å². The summed E-state index contributed by atoms with van der Waals surface area (Å²) in [6.07, 6.45) is 0. The Bertz CT molecular complexity index is 46.8. The first-order valence-corrected chi connectivity index (χ1v) is 9.34. The van der Waals surface area contributed by atoms with Gasteiger partial charge in [-0.25, -0.2) is 0 Å². The molecular formula is Cl2NO2Sn. The van der Waals surface area contributed by atoms with Crippen molar-refractivity contribution in [2.24, 2.45) is 5.34 Å². The van der Waals surface area contributed by atoms with E-state index in [1.165, 1.54) is 0 Å². The van der Waals surface area contributed by atoms with Crippen molar-refractivity contribution >= 4 is 35.8 Å². The van der Waals surface area contributed by atoms with Crippen LogP contribution in [0.1, 0.15) is 0 Å². The number of halogens is 2. The average molecular weight is 236 g/mol. The summed E-state index contributed by atoms with van der Waals surface area (Å²) in [5, 5.41) is 2.01. The van der Waals surface area contributed by atoms with Gasteiger partial charge in [0.15, 0.2) is 0 Å². The molecule has 0 N–H and O–H groups in total. The first kappa shape index (κ1) is 6.78. The molecule has 0 aliphatic heterocycles. The number of hydrogen-bond donors (Lipinski definition) is 0. The van der Waals surface area contributed by atoms with Crippen LogP contribution in [0, 0.1) is 4.91 Å². The normalized spacial score (nSPS) is 8.50. The number of rotatable bonds is 2. The Hall–Kier alpha value is 0.779. The van der Waals surface area contributed by atoms with Crippen molar-refractivity contribution in [3.05, 3.63) is 4.91 Å². The van der Waals surface area contributed by atoms with Crippen molar-refractivity contribution in [3.63, 3.8) is 0 Å². The number of nitrogens with zero attached hydrogens (tertiary/aromatic N) is 1. The molecule has 0 atom stereocenters. The van der Waals surface area contributed by atoms with Crippen molar-refractivity contribution in [3.8, 4) is 0 Å². The molecule has 6 heteroatoms. The van der Waals surface area contributed by atoms with Gasteiger partial charge in [-0.3, -0.25) is 0 Å². The van der Waals surface area contributed by atoms with E-state index >= 15 is 0 Å². The molecule has 0 rings (SSSR count). The van der Waals surface area contributed by atoms with Crippen LogP contribution in [-0.4, -0.2) is 17.9 Å². The van der Waals surface area contributed by atoms with Gasteiger partial charge >= 0.3 is 49.2 Å². The molecule has 35 valence electrons. The predicted molar refractivity (Wildman–Crippen MR) is 24.3 cm³/mol. The summed E-state index contributed by atoms with van der Waals surface area (Å²) in [4.78, 5) is 9.02. The molecule has 0 amide bonds. The van der Waals surface area contributed by atoms with E-state index in [1.807, 2.05) is 5.34 Å². The Morgan fingerprint density at radius 3 is 2.17 bits per heavy atom. The monoisotopic (exact) mass is 236 g/mol. The van der Waals surface area contributed by atoms with E-state index in [1.54, 1.807) is 0 Å². The van der Waals surface area contributed by atoms with Crippen LogP contribution in [0.25, 0.3) is 0 Å². The molecular weight excluding hydrogens is 236 g/mol. The van der Waals surface area contributed by atoms with E-state index in [0.29, 0.717) is 0 Å². The maximum atomic E-state index is 9.02. The third-order valence-electron chi connectivity index (χ3n) is 0.106. The summed E-state index contributed by atoms with van der Waals surface area (Å²) in [6.45, 7) is 0. The molecule has 0 aromatic carbocycles. The quantitative estimate of drug-likeness (QED) is 0.409. The second-order valence-corrected chi connectivity index (χ2v) is 8.10. The molecule has 0 heterocycles. The van der Waals surface area contributed by atoms with Crippen molar-refractivity contribution in [1.82, 2.24) is 0 Å². The van der Waals surface area contributed by atoms with E-state index in [2.05, 4.69) is 3.17 Å². The summed E-state index contributed by atoms with van der Waals surface area (Å²) in [7, 11) is 10.0. The molecule has 0 saturated heterocycles. The van der Waals surface area contributed by atoms with Gasteiger partial charge in [0.05, 0.1) is 0 Å². The fourth-order valence-corrected chi connectivity index (χ4v) is 0.567. The Morgan fingerprint density at radius 2 is 2.17 bits per heavy atom. The van der Waals surface area contributed by atoms with Gasteiger partial charge in [-0.05, 0) is 0 Å². The zero-order chi connectivity index (χ0) is 4.99. The first-order chi connectivity index (χ1) is 2.77. The average Bonchev–Trinajstić information content (AvgIpc) is 1.35. The van der Waals surface area contributed by atoms with Gasteiger partial charge in [0.2, 0.25) is 0 Å². The molecule has 0 unspecified atom stereocenters. The van der Waals surface area contributed by atoms with E-state index in [4.69, 9.17) is 22.7 Å². The summed E-state index contributed by atoms with van der Waals surface area (Å²) in [5.41, 5.74) is 0. The molecule has 3 nitrogen and oxygen atoms in total. The predicted octanol–water partition coefficient (Wildman–Crippen LogP) is 1.15. The summed E-state index contributed by atoms with van der Waals surface area (Å²) >= 11 is -2.65. The molecule has 0 spiro atoms.